The lowest BCUT2D eigenvalue weighted by molar-refractivity contribution is -0.159. The van der Waals surface area contributed by atoms with Crippen molar-refractivity contribution < 1.29 is 23.9 Å². The van der Waals surface area contributed by atoms with Crippen LogP contribution in [0.2, 0.25) is 0 Å². The molecule has 86 valence electrons. The molecule has 0 aromatic heterocycles. The number of ketones is 1. The second kappa shape index (κ2) is 5.48. The van der Waals surface area contributed by atoms with E-state index >= 15 is 0 Å². The monoisotopic (exact) mass is 216 g/mol. The van der Waals surface area contributed by atoms with Crippen molar-refractivity contribution in [1.29, 1.82) is 0 Å². The van der Waals surface area contributed by atoms with Gasteiger partial charge >= 0.3 is 11.9 Å². The van der Waals surface area contributed by atoms with Crippen molar-refractivity contribution in [3.63, 3.8) is 0 Å². The maximum absolute atomic E-state index is 11.3. The second-order valence-corrected chi connectivity index (χ2v) is 4.11. The molecule has 0 aromatic rings. The minimum Gasteiger partial charge on any atom is -0.455 e. The molecule has 0 N–H and O–H groups in total. The Bertz CT molecular complexity index is 261. The van der Waals surface area contributed by atoms with Crippen LogP contribution in [-0.2, 0) is 23.9 Å². The summed E-state index contributed by atoms with van der Waals surface area (Å²) in [6.45, 7) is 5.64. The van der Waals surface area contributed by atoms with Gasteiger partial charge in [-0.2, -0.15) is 0 Å². The number of carbonyl (C=O) groups is 3. The van der Waals surface area contributed by atoms with Crippen molar-refractivity contribution in [2.75, 3.05) is 13.2 Å². The number of ether oxygens (including phenoxy) is 2. The van der Waals surface area contributed by atoms with Crippen LogP contribution in [0.15, 0.2) is 0 Å². The molecule has 0 heterocycles. The van der Waals surface area contributed by atoms with Crippen molar-refractivity contribution in [2.24, 2.45) is 5.41 Å². The van der Waals surface area contributed by atoms with Gasteiger partial charge in [0.2, 0.25) is 0 Å². The number of rotatable bonds is 4. The van der Waals surface area contributed by atoms with Gasteiger partial charge in [0.1, 0.15) is 0 Å². The van der Waals surface area contributed by atoms with Gasteiger partial charge in [-0.05, 0) is 0 Å². The van der Waals surface area contributed by atoms with Crippen LogP contribution in [0.5, 0.6) is 0 Å². The minimum absolute atomic E-state index is 0.182. The summed E-state index contributed by atoms with van der Waals surface area (Å²) in [6.07, 6.45) is 0. The molecule has 0 radical (unpaired) electrons. The number of hydrogen-bond acceptors (Lipinski definition) is 5. The topological polar surface area (TPSA) is 69.7 Å². The van der Waals surface area contributed by atoms with E-state index in [1.54, 1.807) is 20.8 Å². The molecule has 0 aromatic carbocycles. The van der Waals surface area contributed by atoms with E-state index < -0.39 is 24.0 Å². The summed E-state index contributed by atoms with van der Waals surface area (Å²) in [6, 6.07) is 0. The molecule has 0 atom stereocenters. The van der Waals surface area contributed by atoms with E-state index in [1.165, 1.54) is 6.92 Å². The average Bonchev–Trinajstić information content (AvgIpc) is 2.09. The molecule has 0 aliphatic heterocycles. The van der Waals surface area contributed by atoms with Gasteiger partial charge in [0.15, 0.2) is 19.0 Å². The molecular weight excluding hydrogens is 200 g/mol. The first-order chi connectivity index (χ1) is 6.73. The van der Waals surface area contributed by atoms with E-state index in [9.17, 15) is 14.4 Å². The third kappa shape index (κ3) is 6.65. The maximum Gasteiger partial charge on any atom is 0.344 e. The first-order valence-corrected chi connectivity index (χ1v) is 4.56. The number of hydrogen-bond donors (Lipinski definition) is 0. The largest absolute Gasteiger partial charge is 0.455 e. The Morgan fingerprint density at radius 3 is 1.93 bits per heavy atom. The van der Waals surface area contributed by atoms with Crippen molar-refractivity contribution >= 4 is 17.7 Å². The summed E-state index contributed by atoms with van der Waals surface area (Å²) in [7, 11) is 0. The molecule has 0 aliphatic carbocycles. The predicted molar refractivity (Wildman–Crippen MR) is 52.1 cm³/mol. The van der Waals surface area contributed by atoms with E-state index in [4.69, 9.17) is 0 Å². The van der Waals surface area contributed by atoms with E-state index in [-0.39, 0.29) is 12.4 Å². The lowest BCUT2D eigenvalue weighted by atomic mass is 9.91. The molecule has 0 saturated heterocycles. The van der Waals surface area contributed by atoms with Gasteiger partial charge in [-0.15, -0.1) is 0 Å². The van der Waals surface area contributed by atoms with Crippen LogP contribution in [0.4, 0.5) is 0 Å². The van der Waals surface area contributed by atoms with Crippen LogP contribution in [0, 0.1) is 5.41 Å². The van der Waals surface area contributed by atoms with Gasteiger partial charge in [-0.3, -0.25) is 9.59 Å². The van der Waals surface area contributed by atoms with Crippen LogP contribution < -0.4 is 0 Å². The SMILES string of the molecule is CC(=O)OCC(=O)OCC(=O)C(C)(C)C. The molecule has 5 nitrogen and oxygen atoms in total. The Morgan fingerprint density at radius 2 is 1.53 bits per heavy atom. The van der Waals surface area contributed by atoms with Crippen molar-refractivity contribution in [1.82, 2.24) is 0 Å². The van der Waals surface area contributed by atoms with Gasteiger partial charge in [-0.1, -0.05) is 20.8 Å². The zero-order valence-electron chi connectivity index (χ0n) is 9.46. The van der Waals surface area contributed by atoms with Gasteiger partial charge < -0.3 is 9.47 Å². The fourth-order valence-corrected chi connectivity index (χ4v) is 0.565. The number of Topliss-reactive ketones (excluding diaryl/α,β-unsaturated/α-hetero) is 1. The summed E-state index contributed by atoms with van der Waals surface area (Å²) >= 11 is 0. The fourth-order valence-electron chi connectivity index (χ4n) is 0.565. The summed E-state index contributed by atoms with van der Waals surface area (Å²) < 4.78 is 9.01. The third-order valence-electron chi connectivity index (χ3n) is 1.59. The van der Waals surface area contributed by atoms with Crippen LogP contribution in [0.1, 0.15) is 27.7 Å². The summed E-state index contributed by atoms with van der Waals surface area (Å²) in [4.78, 5) is 32.6. The number of carbonyl (C=O) groups excluding carboxylic acids is 3. The summed E-state index contributed by atoms with van der Waals surface area (Å²) in [5.74, 6) is -1.46. The lowest BCUT2D eigenvalue weighted by Gasteiger charge is -2.15. The standard InChI is InChI=1S/C10H16O5/c1-7(11)14-6-9(13)15-5-8(12)10(2,3)4/h5-6H2,1-4H3. The molecule has 0 unspecified atom stereocenters. The highest BCUT2D eigenvalue weighted by Gasteiger charge is 2.22. The van der Waals surface area contributed by atoms with Crippen LogP contribution >= 0.6 is 0 Å². The molecule has 0 rings (SSSR count). The van der Waals surface area contributed by atoms with Gasteiger partial charge in [0.05, 0.1) is 0 Å². The zero-order valence-corrected chi connectivity index (χ0v) is 9.46. The van der Waals surface area contributed by atoms with E-state index in [1.807, 2.05) is 0 Å². The van der Waals surface area contributed by atoms with Gasteiger partial charge in [-0.25, -0.2) is 4.79 Å². The Hall–Kier alpha value is -1.39. The molecular formula is C10H16O5. The fraction of sp³-hybridized carbons (Fsp3) is 0.700. The molecule has 5 heteroatoms. The average molecular weight is 216 g/mol. The summed E-state index contributed by atoms with van der Waals surface area (Å²) in [5.41, 5.74) is -0.540. The molecule has 0 bridgehead atoms. The molecule has 0 amide bonds. The normalized spacial score (nSPS) is 10.7. The predicted octanol–water partition coefficient (Wildman–Crippen LogP) is 0.708. The Morgan fingerprint density at radius 1 is 1.00 bits per heavy atom. The van der Waals surface area contributed by atoms with E-state index in [0.717, 1.165) is 0 Å². The highest BCUT2D eigenvalue weighted by molar-refractivity contribution is 5.87. The Kier molecular flexibility index (Phi) is 4.97. The molecule has 0 spiro atoms. The van der Waals surface area contributed by atoms with Crippen molar-refractivity contribution in [3.05, 3.63) is 0 Å². The third-order valence-corrected chi connectivity index (χ3v) is 1.59. The van der Waals surface area contributed by atoms with Gasteiger partial charge in [0, 0.05) is 12.3 Å². The van der Waals surface area contributed by atoms with Crippen molar-refractivity contribution in [2.45, 2.75) is 27.7 Å². The first kappa shape index (κ1) is 13.6. The second-order valence-electron chi connectivity index (χ2n) is 4.11. The molecule has 0 saturated carbocycles. The van der Waals surface area contributed by atoms with E-state index in [0.29, 0.717) is 0 Å². The number of esters is 2. The van der Waals surface area contributed by atoms with E-state index in [2.05, 4.69) is 9.47 Å². The zero-order chi connectivity index (χ0) is 12.1. The maximum atomic E-state index is 11.3. The first-order valence-electron chi connectivity index (χ1n) is 4.56. The Labute approximate surface area is 88.7 Å². The van der Waals surface area contributed by atoms with Gasteiger partial charge in [0.25, 0.3) is 0 Å². The molecule has 0 fully saturated rings. The van der Waals surface area contributed by atoms with Crippen molar-refractivity contribution in [3.8, 4) is 0 Å². The lowest BCUT2D eigenvalue weighted by Crippen LogP contribution is -2.27. The smallest absolute Gasteiger partial charge is 0.344 e. The van der Waals surface area contributed by atoms with Crippen LogP contribution in [-0.4, -0.2) is 30.9 Å². The van der Waals surface area contributed by atoms with Crippen LogP contribution in [0.3, 0.4) is 0 Å². The Balaban J connectivity index is 3.82. The summed E-state index contributed by atoms with van der Waals surface area (Å²) in [5, 5.41) is 0. The minimum atomic E-state index is -0.720. The molecule has 15 heavy (non-hydrogen) atoms. The molecule has 0 aliphatic rings. The quantitative estimate of drug-likeness (QED) is 0.647. The highest BCUT2D eigenvalue weighted by Crippen LogP contribution is 2.14. The highest BCUT2D eigenvalue weighted by atomic mass is 16.6. The van der Waals surface area contributed by atoms with Crippen LogP contribution in [0.25, 0.3) is 0 Å².